The second-order valence-electron chi connectivity index (χ2n) is 13.8. The molecule has 0 bridgehead atoms. The third-order valence-electron chi connectivity index (χ3n) is 9.75. The van der Waals surface area contributed by atoms with Crippen LogP contribution in [0.5, 0.6) is 46.0 Å². The number of fused-ring (bicyclic) bond motifs is 4. The zero-order valence-corrected chi connectivity index (χ0v) is 26.8. The molecule has 7 N–H and O–H groups in total. The lowest BCUT2D eigenvalue weighted by atomic mass is 9.61. The first-order chi connectivity index (χ1) is 22.7. The number of phenolic OH excluding ortho intramolecular Hbond substituents is 6. The minimum atomic E-state index is -1.66. The van der Waals surface area contributed by atoms with Crippen molar-refractivity contribution in [3.05, 3.63) is 106 Å². The molecule has 248 valence electrons. The molecule has 9 heteroatoms. The van der Waals surface area contributed by atoms with Gasteiger partial charge in [0.05, 0.1) is 17.1 Å². The highest BCUT2D eigenvalue weighted by Gasteiger charge is 2.62. The molecular formula is C39H38O9. The van der Waals surface area contributed by atoms with Crippen LogP contribution in [-0.4, -0.2) is 41.3 Å². The molecule has 0 aromatic heterocycles. The van der Waals surface area contributed by atoms with Crippen molar-refractivity contribution in [3.63, 3.8) is 0 Å². The van der Waals surface area contributed by atoms with Crippen LogP contribution in [0, 0.1) is 5.92 Å². The number of phenols is 6. The normalized spacial score (nSPS) is 22.6. The van der Waals surface area contributed by atoms with Gasteiger partial charge in [0.15, 0.2) is 0 Å². The average molecular weight is 651 g/mol. The van der Waals surface area contributed by atoms with Gasteiger partial charge in [0.25, 0.3) is 5.79 Å². The van der Waals surface area contributed by atoms with Gasteiger partial charge in [0.2, 0.25) is 0 Å². The highest BCUT2D eigenvalue weighted by atomic mass is 16.7. The Morgan fingerprint density at radius 2 is 1.54 bits per heavy atom. The first-order valence-corrected chi connectivity index (χ1v) is 16.0. The number of aromatic hydroxyl groups is 6. The van der Waals surface area contributed by atoms with E-state index in [2.05, 4.69) is 6.08 Å². The summed E-state index contributed by atoms with van der Waals surface area (Å²) in [6.45, 7) is 5.35. The van der Waals surface area contributed by atoms with E-state index in [0.29, 0.717) is 34.6 Å². The topological polar surface area (TPSA) is 160 Å². The molecule has 4 aromatic rings. The Morgan fingerprint density at radius 1 is 0.812 bits per heavy atom. The molecule has 0 spiro atoms. The Balaban J connectivity index is 1.43. The third-order valence-corrected chi connectivity index (χ3v) is 9.75. The van der Waals surface area contributed by atoms with E-state index in [1.54, 1.807) is 56.3 Å². The van der Waals surface area contributed by atoms with Crippen molar-refractivity contribution in [2.75, 3.05) is 0 Å². The van der Waals surface area contributed by atoms with E-state index in [4.69, 9.17) is 9.47 Å². The Bertz CT molecular complexity index is 2000. The van der Waals surface area contributed by atoms with Crippen molar-refractivity contribution in [1.82, 2.24) is 0 Å². The summed E-state index contributed by atoms with van der Waals surface area (Å²) in [6, 6.07) is 15.7. The predicted octanol–water partition coefficient (Wildman–Crippen LogP) is 7.27. The van der Waals surface area contributed by atoms with E-state index in [1.807, 2.05) is 13.0 Å². The van der Waals surface area contributed by atoms with Crippen molar-refractivity contribution in [3.8, 4) is 46.0 Å². The van der Waals surface area contributed by atoms with E-state index in [9.17, 15) is 35.7 Å². The lowest BCUT2D eigenvalue weighted by Crippen LogP contribution is -2.56. The molecule has 0 fully saturated rings. The molecule has 4 atom stereocenters. The standard InChI is InChI=1S/C39H38O9/c1-20-14-27-25-9-8-24(41)19-33(25)47-39(29-10-11-30(42)26(37(29)45)12-13-38(2,3)46)36(27)28(15-20)35-32(44)16-21(17-34(35)48-39)4-5-22-6-7-23(40)18-31(22)43/h4-11,15-19,27-28,36,40-46H,12-14H2,1-3H3/b5-4+/t27-,28-,36-,39+/m1/s1. The Hall–Kier alpha value is -5.28. The van der Waals surface area contributed by atoms with Gasteiger partial charge < -0.3 is 45.2 Å². The maximum atomic E-state index is 11.9. The smallest absolute Gasteiger partial charge is 0.285 e. The van der Waals surface area contributed by atoms with Gasteiger partial charge >= 0.3 is 0 Å². The van der Waals surface area contributed by atoms with E-state index in [-0.39, 0.29) is 64.4 Å². The first kappa shape index (κ1) is 31.3. The molecule has 3 aliphatic rings. The van der Waals surface area contributed by atoms with Gasteiger partial charge in [-0.15, -0.1) is 0 Å². The molecule has 0 amide bonds. The SMILES string of the molecule is CC1=C[C@@H]2c3c(O)cc(/C=C/c4ccc(O)cc4O)cc3O[C@]3(c4ccc(O)c(CCC(C)(C)O)c4O)Oc4cc(O)ccc4[C@@H](C1)[C@H]23. The number of ether oxygens (including phenoxy) is 2. The molecule has 1 aliphatic carbocycles. The molecule has 0 saturated heterocycles. The summed E-state index contributed by atoms with van der Waals surface area (Å²) in [7, 11) is 0. The average Bonchev–Trinajstić information content (AvgIpc) is 2.99. The second-order valence-corrected chi connectivity index (χ2v) is 13.8. The molecule has 4 aromatic carbocycles. The van der Waals surface area contributed by atoms with Crippen molar-refractivity contribution in [1.29, 1.82) is 0 Å². The van der Waals surface area contributed by atoms with Crippen molar-refractivity contribution >= 4 is 12.2 Å². The molecular weight excluding hydrogens is 612 g/mol. The molecule has 9 nitrogen and oxygen atoms in total. The number of rotatable bonds is 6. The lowest BCUT2D eigenvalue weighted by molar-refractivity contribution is -0.198. The summed E-state index contributed by atoms with van der Waals surface area (Å²) >= 11 is 0. The summed E-state index contributed by atoms with van der Waals surface area (Å²) in [5.41, 5.74) is 3.00. The van der Waals surface area contributed by atoms with E-state index in [1.165, 1.54) is 24.3 Å². The third kappa shape index (κ3) is 5.24. The van der Waals surface area contributed by atoms with Crippen LogP contribution in [0.4, 0.5) is 0 Å². The Kier molecular flexibility index (Phi) is 7.29. The van der Waals surface area contributed by atoms with Crippen LogP contribution in [0.15, 0.2) is 72.3 Å². The van der Waals surface area contributed by atoms with Crippen LogP contribution in [0.25, 0.3) is 12.2 Å². The fourth-order valence-corrected chi connectivity index (χ4v) is 7.55. The van der Waals surface area contributed by atoms with Crippen molar-refractivity contribution < 1.29 is 45.2 Å². The molecule has 48 heavy (non-hydrogen) atoms. The summed E-state index contributed by atoms with van der Waals surface area (Å²) in [6.07, 6.45) is 6.53. The number of benzene rings is 4. The minimum Gasteiger partial charge on any atom is -0.508 e. The minimum absolute atomic E-state index is 0.00142. The van der Waals surface area contributed by atoms with Crippen LogP contribution in [0.2, 0.25) is 0 Å². The highest BCUT2D eigenvalue weighted by Crippen LogP contribution is 2.65. The predicted molar refractivity (Wildman–Crippen MR) is 180 cm³/mol. The van der Waals surface area contributed by atoms with Gasteiger partial charge in [-0.3, -0.25) is 0 Å². The van der Waals surface area contributed by atoms with Gasteiger partial charge in [-0.2, -0.15) is 0 Å². The number of hydrogen-bond donors (Lipinski definition) is 7. The van der Waals surface area contributed by atoms with Crippen LogP contribution in [0.3, 0.4) is 0 Å². The molecule has 0 saturated carbocycles. The second kappa shape index (κ2) is 11.2. The van der Waals surface area contributed by atoms with Gasteiger partial charge in [-0.05, 0) is 93.6 Å². The molecule has 7 rings (SSSR count). The summed E-state index contributed by atoms with van der Waals surface area (Å²) in [5.74, 6) is -2.58. The zero-order chi connectivity index (χ0) is 34.1. The largest absolute Gasteiger partial charge is 0.508 e. The van der Waals surface area contributed by atoms with Crippen molar-refractivity contribution in [2.45, 2.75) is 63.3 Å². The lowest BCUT2D eigenvalue weighted by Gasteiger charge is -2.55. The molecule has 2 heterocycles. The molecule has 0 radical (unpaired) electrons. The Morgan fingerprint density at radius 3 is 2.29 bits per heavy atom. The first-order valence-electron chi connectivity index (χ1n) is 16.0. The zero-order valence-electron chi connectivity index (χ0n) is 26.8. The molecule has 0 unspecified atom stereocenters. The van der Waals surface area contributed by atoms with E-state index >= 15 is 0 Å². The van der Waals surface area contributed by atoms with Gasteiger partial charge in [0.1, 0.15) is 46.0 Å². The molecule has 2 aliphatic heterocycles. The van der Waals surface area contributed by atoms with Crippen molar-refractivity contribution in [2.24, 2.45) is 5.92 Å². The number of allylic oxidation sites excluding steroid dienone is 2. The number of aliphatic hydroxyl groups is 1. The summed E-state index contributed by atoms with van der Waals surface area (Å²) < 4.78 is 13.7. The maximum absolute atomic E-state index is 11.9. The fourth-order valence-electron chi connectivity index (χ4n) is 7.55. The van der Waals surface area contributed by atoms with Gasteiger partial charge in [0, 0.05) is 40.7 Å². The number of hydrogen-bond acceptors (Lipinski definition) is 9. The fraction of sp³-hybridized carbons (Fsp3) is 0.282. The maximum Gasteiger partial charge on any atom is 0.285 e. The monoisotopic (exact) mass is 650 g/mol. The van der Waals surface area contributed by atoms with Gasteiger partial charge in [-0.25, -0.2) is 0 Å². The van der Waals surface area contributed by atoms with Crippen LogP contribution in [0.1, 0.15) is 78.8 Å². The Labute approximate surface area is 277 Å². The van der Waals surface area contributed by atoms with E-state index < -0.39 is 23.2 Å². The summed E-state index contributed by atoms with van der Waals surface area (Å²) in [4.78, 5) is 0. The highest BCUT2D eigenvalue weighted by molar-refractivity contribution is 5.75. The van der Waals surface area contributed by atoms with E-state index in [0.717, 1.165) is 11.1 Å². The quantitative estimate of drug-likeness (QED) is 0.0841. The summed E-state index contributed by atoms with van der Waals surface area (Å²) in [5, 5.41) is 75.3. The van der Waals surface area contributed by atoms with Gasteiger partial charge in [-0.1, -0.05) is 29.9 Å². The van der Waals surface area contributed by atoms with Crippen LogP contribution >= 0.6 is 0 Å². The van der Waals surface area contributed by atoms with Crippen LogP contribution in [-0.2, 0) is 12.2 Å². The van der Waals surface area contributed by atoms with Crippen LogP contribution < -0.4 is 9.47 Å².